The van der Waals surface area contributed by atoms with Gasteiger partial charge in [-0.1, -0.05) is 26.0 Å². The summed E-state index contributed by atoms with van der Waals surface area (Å²) in [5, 5.41) is 3.02. The zero-order valence-electron chi connectivity index (χ0n) is 14.5. The molecule has 1 fully saturated rings. The van der Waals surface area contributed by atoms with Crippen LogP contribution < -0.4 is 5.32 Å². The molecule has 2 heterocycles. The maximum Gasteiger partial charge on any atom is 0.227 e. The number of nitrogens with zero attached hydrogens (tertiary/aromatic N) is 1. The maximum absolute atomic E-state index is 12.4. The number of imidazole rings is 1. The highest BCUT2D eigenvalue weighted by molar-refractivity contribution is 5.92. The van der Waals surface area contributed by atoms with Gasteiger partial charge < -0.3 is 15.0 Å². The summed E-state index contributed by atoms with van der Waals surface area (Å²) in [4.78, 5) is 19.8. The van der Waals surface area contributed by atoms with E-state index in [4.69, 9.17) is 4.74 Å². The minimum Gasteiger partial charge on any atom is -0.381 e. The Hall–Kier alpha value is -2.14. The smallest absolute Gasteiger partial charge is 0.227 e. The molecule has 0 aliphatic carbocycles. The lowest BCUT2D eigenvalue weighted by Crippen LogP contribution is -2.27. The minimum absolute atomic E-state index is 0.0289. The second-order valence-electron chi connectivity index (χ2n) is 6.65. The lowest BCUT2D eigenvalue weighted by atomic mass is 9.92. The number of anilines is 1. The Bertz CT molecular complexity index is 687. The van der Waals surface area contributed by atoms with Crippen LogP contribution >= 0.6 is 0 Å². The van der Waals surface area contributed by atoms with E-state index < -0.39 is 0 Å². The standard InChI is InChI=1S/C19H25N3O2/c1-12(18-14(3)20-11-21-18)15-4-6-17(7-5-15)22-19(23)13(2)16-8-9-24-10-16/h4-7,11-13,16H,8-10H2,1-3H3,(H,20,21)(H,22,23)/t12-,13+,16-/m1/s1. The van der Waals surface area contributed by atoms with E-state index in [1.165, 1.54) is 5.56 Å². The molecule has 1 aliphatic heterocycles. The van der Waals surface area contributed by atoms with Crippen LogP contribution in [0.3, 0.4) is 0 Å². The van der Waals surface area contributed by atoms with Crippen LogP contribution in [0.2, 0.25) is 0 Å². The van der Waals surface area contributed by atoms with E-state index in [9.17, 15) is 4.79 Å². The Kier molecular flexibility index (Phi) is 5.00. The van der Waals surface area contributed by atoms with Gasteiger partial charge in [0.15, 0.2) is 0 Å². The second kappa shape index (κ2) is 7.18. The molecule has 3 rings (SSSR count). The molecule has 0 unspecified atom stereocenters. The van der Waals surface area contributed by atoms with Gasteiger partial charge in [0, 0.05) is 29.8 Å². The number of carbonyl (C=O) groups excluding carboxylic acids is 1. The molecule has 1 amide bonds. The van der Waals surface area contributed by atoms with Gasteiger partial charge in [-0.3, -0.25) is 4.79 Å². The van der Waals surface area contributed by atoms with Crippen LogP contribution in [-0.4, -0.2) is 29.1 Å². The summed E-state index contributed by atoms with van der Waals surface area (Å²) in [5.41, 5.74) is 4.18. The van der Waals surface area contributed by atoms with E-state index in [1.807, 2.05) is 26.0 Å². The normalized spacial score (nSPS) is 19.9. The number of ether oxygens (including phenoxy) is 1. The first kappa shape index (κ1) is 16.7. The summed E-state index contributed by atoms with van der Waals surface area (Å²) >= 11 is 0. The Morgan fingerprint density at radius 3 is 2.67 bits per heavy atom. The quantitative estimate of drug-likeness (QED) is 0.883. The van der Waals surface area contributed by atoms with Crippen LogP contribution in [0.1, 0.15) is 43.1 Å². The van der Waals surface area contributed by atoms with Crippen molar-refractivity contribution < 1.29 is 9.53 Å². The first-order valence-corrected chi connectivity index (χ1v) is 8.54. The van der Waals surface area contributed by atoms with Gasteiger partial charge >= 0.3 is 0 Å². The number of H-pyrrole nitrogens is 1. The Balaban J connectivity index is 1.64. The topological polar surface area (TPSA) is 67.0 Å². The lowest BCUT2D eigenvalue weighted by molar-refractivity contribution is -0.120. The van der Waals surface area contributed by atoms with Crippen molar-refractivity contribution in [2.24, 2.45) is 11.8 Å². The van der Waals surface area contributed by atoms with Crippen LogP contribution in [-0.2, 0) is 9.53 Å². The highest BCUT2D eigenvalue weighted by atomic mass is 16.5. The third kappa shape index (κ3) is 3.51. The lowest BCUT2D eigenvalue weighted by Gasteiger charge is -2.17. The fourth-order valence-corrected chi connectivity index (χ4v) is 3.25. The van der Waals surface area contributed by atoms with Gasteiger partial charge in [-0.25, -0.2) is 4.98 Å². The van der Waals surface area contributed by atoms with E-state index in [-0.39, 0.29) is 17.7 Å². The van der Waals surface area contributed by atoms with Gasteiger partial charge in [-0.15, -0.1) is 0 Å². The van der Waals surface area contributed by atoms with Crippen molar-refractivity contribution in [3.8, 4) is 0 Å². The first-order chi connectivity index (χ1) is 11.6. The molecule has 1 aromatic carbocycles. The van der Waals surface area contributed by atoms with E-state index in [1.54, 1.807) is 6.33 Å². The molecule has 0 saturated carbocycles. The number of aromatic nitrogens is 2. The van der Waals surface area contributed by atoms with E-state index >= 15 is 0 Å². The fraction of sp³-hybridized carbons (Fsp3) is 0.474. The zero-order valence-corrected chi connectivity index (χ0v) is 14.5. The molecule has 2 N–H and O–H groups in total. The van der Waals surface area contributed by atoms with Crippen molar-refractivity contribution in [2.45, 2.75) is 33.1 Å². The SMILES string of the molecule is Cc1nc[nH]c1[C@H](C)c1ccc(NC(=O)[C@@H](C)[C@@H]2CCOC2)cc1. The number of hydrogen-bond donors (Lipinski definition) is 2. The number of aromatic amines is 1. The van der Waals surface area contributed by atoms with Crippen LogP contribution in [0.5, 0.6) is 0 Å². The molecule has 24 heavy (non-hydrogen) atoms. The average molecular weight is 327 g/mol. The van der Waals surface area contributed by atoms with Gasteiger partial charge in [-0.05, 0) is 37.0 Å². The van der Waals surface area contributed by atoms with Crippen molar-refractivity contribution in [3.05, 3.63) is 47.5 Å². The van der Waals surface area contributed by atoms with E-state index in [0.717, 1.165) is 30.1 Å². The fourth-order valence-electron chi connectivity index (χ4n) is 3.25. The van der Waals surface area contributed by atoms with Crippen LogP contribution in [0.25, 0.3) is 0 Å². The number of aryl methyl sites for hydroxylation is 1. The summed E-state index contributed by atoms with van der Waals surface area (Å²) in [7, 11) is 0. The molecule has 5 nitrogen and oxygen atoms in total. The van der Waals surface area contributed by atoms with Crippen molar-refractivity contribution >= 4 is 11.6 Å². The zero-order chi connectivity index (χ0) is 17.1. The highest BCUT2D eigenvalue weighted by Crippen LogP contribution is 2.26. The molecular weight excluding hydrogens is 302 g/mol. The summed E-state index contributed by atoms with van der Waals surface area (Å²) in [5.74, 6) is 0.605. The third-order valence-electron chi connectivity index (χ3n) is 5.06. The number of amides is 1. The summed E-state index contributed by atoms with van der Waals surface area (Å²) in [6.45, 7) is 7.59. The van der Waals surface area contributed by atoms with Crippen molar-refractivity contribution in [1.82, 2.24) is 9.97 Å². The molecule has 1 aromatic heterocycles. The number of nitrogens with one attached hydrogen (secondary N) is 2. The number of hydrogen-bond acceptors (Lipinski definition) is 3. The van der Waals surface area contributed by atoms with Crippen LogP contribution in [0.15, 0.2) is 30.6 Å². The molecule has 128 valence electrons. The van der Waals surface area contributed by atoms with E-state index in [0.29, 0.717) is 12.5 Å². The summed E-state index contributed by atoms with van der Waals surface area (Å²) in [6.07, 6.45) is 2.69. The molecule has 0 radical (unpaired) electrons. The summed E-state index contributed by atoms with van der Waals surface area (Å²) in [6, 6.07) is 8.05. The van der Waals surface area contributed by atoms with Crippen molar-refractivity contribution in [3.63, 3.8) is 0 Å². The van der Waals surface area contributed by atoms with Crippen LogP contribution in [0.4, 0.5) is 5.69 Å². The Morgan fingerprint density at radius 2 is 2.08 bits per heavy atom. The van der Waals surface area contributed by atoms with Gasteiger partial charge in [0.2, 0.25) is 5.91 Å². The number of benzene rings is 1. The summed E-state index contributed by atoms with van der Waals surface area (Å²) < 4.78 is 5.38. The largest absolute Gasteiger partial charge is 0.381 e. The van der Waals surface area contributed by atoms with Gasteiger partial charge in [0.25, 0.3) is 0 Å². The monoisotopic (exact) mass is 327 g/mol. The predicted octanol–water partition coefficient (Wildman–Crippen LogP) is 3.48. The van der Waals surface area contributed by atoms with Crippen molar-refractivity contribution in [1.29, 1.82) is 0 Å². The molecule has 1 aliphatic rings. The minimum atomic E-state index is -0.0289. The Labute approximate surface area is 142 Å². The molecule has 2 aromatic rings. The third-order valence-corrected chi connectivity index (χ3v) is 5.06. The van der Waals surface area contributed by atoms with Gasteiger partial charge in [0.05, 0.1) is 18.6 Å². The predicted molar refractivity (Wildman–Crippen MR) is 94.0 cm³/mol. The van der Waals surface area contributed by atoms with E-state index in [2.05, 4.69) is 34.3 Å². The first-order valence-electron chi connectivity index (χ1n) is 8.54. The Morgan fingerprint density at radius 1 is 1.33 bits per heavy atom. The van der Waals surface area contributed by atoms with Gasteiger partial charge in [-0.2, -0.15) is 0 Å². The average Bonchev–Trinajstić information content (AvgIpc) is 3.25. The molecular formula is C19H25N3O2. The molecule has 3 atom stereocenters. The number of carbonyl (C=O) groups is 1. The van der Waals surface area contributed by atoms with Crippen LogP contribution in [0, 0.1) is 18.8 Å². The molecule has 0 spiro atoms. The molecule has 5 heteroatoms. The highest BCUT2D eigenvalue weighted by Gasteiger charge is 2.27. The number of rotatable bonds is 5. The molecule has 1 saturated heterocycles. The van der Waals surface area contributed by atoms with Gasteiger partial charge in [0.1, 0.15) is 0 Å². The molecule has 0 bridgehead atoms. The maximum atomic E-state index is 12.4. The second-order valence-corrected chi connectivity index (χ2v) is 6.65. The van der Waals surface area contributed by atoms with Crippen molar-refractivity contribution in [2.75, 3.05) is 18.5 Å².